The molecular weight excluding hydrogens is 261 g/mol. The molecule has 1 aromatic rings. The summed E-state index contributed by atoms with van der Waals surface area (Å²) in [7, 11) is 0. The minimum absolute atomic E-state index is 0.198. The number of hydrogen-bond donors (Lipinski definition) is 2. The third-order valence-corrected chi connectivity index (χ3v) is 2.60. The van der Waals surface area contributed by atoms with Gasteiger partial charge in [-0.15, -0.1) is 0 Å². The molecular formula is C15H22FNO3. The molecule has 0 aromatic heterocycles. The first-order chi connectivity index (χ1) is 9.10. The lowest BCUT2D eigenvalue weighted by atomic mass is 10.1. The maximum Gasteiger partial charge on any atom is 0.261 e. The first-order valence-electron chi connectivity index (χ1n) is 6.56. The van der Waals surface area contributed by atoms with E-state index >= 15 is 0 Å². The highest BCUT2D eigenvalue weighted by Gasteiger charge is 2.21. The Morgan fingerprint density at radius 2 is 1.95 bits per heavy atom. The van der Waals surface area contributed by atoms with Crippen molar-refractivity contribution in [2.45, 2.75) is 52.4 Å². The molecule has 2 unspecified atom stereocenters. The summed E-state index contributed by atoms with van der Waals surface area (Å²) in [6.45, 7) is 8.69. The zero-order valence-corrected chi connectivity index (χ0v) is 12.5. The number of carbonyl (C=O) groups is 1. The molecule has 0 heterocycles. The van der Waals surface area contributed by atoms with Crippen molar-refractivity contribution in [1.29, 1.82) is 0 Å². The molecule has 112 valence electrons. The van der Waals surface area contributed by atoms with Crippen molar-refractivity contribution >= 4 is 5.91 Å². The Labute approximate surface area is 119 Å². The van der Waals surface area contributed by atoms with Gasteiger partial charge in [-0.05, 0) is 46.8 Å². The lowest BCUT2D eigenvalue weighted by Crippen LogP contribution is -2.46. The highest BCUT2D eigenvalue weighted by molar-refractivity contribution is 5.81. The summed E-state index contributed by atoms with van der Waals surface area (Å²) in [5.41, 5.74) is -0.153. The van der Waals surface area contributed by atoms with E-state index in [-0.39, 0.29) is 22.8 Å². The number of aliphatic hydroxyl groups excluding tert-OH is 1. The topological polar surface area (TPSA) is 58.6 Å². The summed E-state index contributed by atoms with van der Waals surface area (Å²) in [5.74, 6) is -0.568. The van der Waals surface area contributed by atoms with Gasteiger partial charge in [0.05, 0.1) is 6.10 Å². The third-order valence-electron chi connectivity index (χ3n) is 2.60. The van der Waals surface area contributed by atoms with Crippen LogP contribution in [0.15, 0.2) is 18.2 Å². The van der Waals surface area contributed by atoms with Gasteiger partial charge in [-0.2, -0.15) is 0 Å². The minimum Gasteiger partial charge on any atom is -0.481 e. The van der Waals surface area contributed by atoms with Gasteiger partial charge < -0.3 is 15.2 Å². The van der Waals surface area contributed by atoms with Crippen LogP contribution in [0.2, 0.25) is 0 Å². The van der Waals surface area contributed by atoms with Crippen LogP contribution < -0.4 is 10.1 Å². The van der Waals surface area contributed by atoms with Crippen LogP contribution in [0.4, 0.5) is 4.39 Å². The van der Waals surface area contributed by atoms with Crippen LogP contribution in [0.5, 0.6) is 5.75 Å². The second-order valence-corrected chi connectivity index (χ2v) is 5.86. The van der Waals surface area contributed by atoms with E-state index in [2.05, 4.69) is 5.32 Å². The number of ether oxygens (including phenoxy) is 1. The van der Waals surface area contributed by atoms with Gasteiger partial charge in [0.2, 0.25) is 0 Å². The first kappa shape index (κ1) is 16.4. The molecule has 2 atom stereocenters. The highest BCUT2D eigenvalue weighted by Crippen LogP contribution is 2.22. The summed E-state index contributed by atoms with van der Waals surface area (Å²) in [4.78, 5) is 11.9. The maximum absolute atomic E-state index is 13.7. The predicted octanol–water partition coefficient (Wildman–Crippen LogP) is 2.56. The molecule has 1 amide bonds. The van der Waals surface area contributed by atoms with Crippen LogP contribution >= 0.6 is 0 Å². The molecule has 1 rings (SSSR count). The molecule has 2 N–H and O–H groups in total. The van der Waals surface area contributed by atoms with Crippen LogP contribution in [-0.4, -0.2) is 22.7 Å². The van der Waals surface area contributed by atoms with Gasteiger partial charge in [0.25, 0.3) is 5.91 Å². The SMILES string of the molecule is CC(Oc1ccc(C(C)O)c(F)c1)C(=O)NC(C)(C)C. The number of rotatable bonds is 4. The number of amides is 1. The van der Waals surface area contributed by atoms with E-state index in [0.29, 0.717) is 0 Å². The molecule has 5 heteroatoms. The van der Waals surface area contributed by atoms with Gasteiger partial charge in [0.1, 0.15) is 11.6 Å². The van der Waals surface area contributed by atoms with E-state index in [1.807, 2.05) is 20.8 Å². The van der Waals surface area contributed by atoms with Crippen molar-refractivity contribution in [2.24, 2.45) is 0 Å². The largest absolute Gasteiger partial charge is 0.481 e. The number of carbonyl (C=O) groups excluding carboxylic acids is 1. The first-order valence-corrected chi connectivity index (χ1v) is 6.56. The van der Waals surface area contributed by atoms with E-state index < -0.39 is 18.0 Å². The molecule has 0 spiro atoms. The van der Waals surface area contributed by atoms with Crippen LogP contribution in [0.25, 0.3) is 0 Å². The predicted molar refractivity (Wildman–Crippen MR) is 75.0 cm³/mol. The summed E-state index contributed by atoms with van der Waals surface area (Å²) in [6.07, 6.45) is -1.61. The molecule has 0 saturated heterocycles. The van der Waals surface area contributed by atoms with Crippen molar-refractivity contribution in [3.05, 3.63) is 29.6 Å². The van der Waals surface area contributed by atoms with Crippen LogP contribution in [0, 0.1) is 5.82 Å². The zero-order chi connectivity index (χ0) is 15.5. The Balaban J connectivity index is 2.74. The average Bonchev–Trinajstić information content (AvgIpc) is 2.26. The summed E-state index contributed by atoms with van der Waals surface area (Å²) in [6, 6.07) is 4.15. The molecule has 1 aromatic carbocycles. The lowest BCUT2D eigenvalue weighted by Gasteiger charge is -2.23. The quantitative estimate of drug-likeness (QED) is 0.893. The molecule has 0 fully saturated rings. The fourth-order valence-electron chi connectivity index (χ4n) is 1.65. The van der Waals surface area contributed by atoms with Crippen molar-refractivity contribution in [3.8, 4) is 5.75 Å². The Bertz CT molecular complexity index is 480. The smallest absolute Gasteiger partial charge is 0.261 e. The van der Waals surface area contributed by atoms with Crippen molar-refractivity contribution in [3.63, 3.8) is 0 Å². The molecule has 0 aliphatic carbocycles. The number of hydrogen-bond acceptors (Lipinski definition) is 3. The Morgan fingerprint density at radius 3 is 2.40 bits per heavy atom. The molecule has 0 saturated carbocycles. The zero-order valence-electron chi connectivity index (χ0n) is 12.5. The Hall–Kier alpha value is -1.62. The molecule has 0 aliphatic rings. The van der Waals surface area contributed by atoms with Gasteiger partial charge in [-0.3, -0.25) is 4.79 Å². The van der Waals surface area contributed by atoms with Gasteiger partial charge >= 0.3 is 0 Å². The van der Waals surface area contributed by atoms with Crippen molar-refractivity contribution < 1.29 is 19.0 Å². The fourth-order valence-corrected chi connectivity index (χ4v) is 1.65. The van der Waals surface area contributed by atoms with Gasteiger partial charge in [-0.1, -0.05) is 0 Å². The van der Waals surface area contributed by atoms with E-state index in [9.17, 15) is 14.3 Å². The summed E-state index contributed by atoms with van der Waals surface area (Å²) in [5, 5.41) is 12.1. The lowest BCUT2D eigenvalue weighted by molar-refractivity contribution is -0.128. The van der Waals surface area contributed by atoms with Gasteiger partial charge in [0.15, 0.2) is 6.10 Å². The molecule has 20 heavy (non-hydrogen) atoms. The van der Waals surface area contributed by atoms with E-state index in [0.717, 1.165) is 0 Å². The number of aliphatic hydroxyl groups is 1. The van der Waals surface area contributed by atoms with Crippen LogP contribution in [-0.2, 0) is 4.79 Å². The Morgan fingerprint density at radius 1 is 1.35 bits per heavy atom. The molecule has 4 nitrogen and oxygen atoms in total. The summed E-state index contributed by atoms with van der Waals surface area (Å²) >= 11 is 0. The average molecular weight is 283 g/mol. The van der Waals surface area contributed by atoms with Gasteiger partial charge in [-0.25, -0.2) is 4.39 Å². The molecule has 0 bridgehead atoms. The molecule has 0 aliphatic heterocycles. The minimum atomic E-state index is -0.884. The van der Waals surface area contributed by atoms with Crippen molar-refractivity contribution in [1.82, 2.24) is 5.32 Å². The van der Waals surface area contributed by atoms with E-state index in [1.54, 1.807) is 6.92 Å². The summed E-state index contributed by atoms with van der Waals surface area (Å²) < 4.78 is 19.1. The van der Waals surface area contributed by atoms with Gasteiger partial charge in [0, 0.05) is 17.2 Å². The van der Waals surface area contributed by atoms with Crippen LogP contribution in [0.1, 0.15) is 46.3 Å². The second kappa shape index (κ2) is 6.22. The number of benzene rings is 1. The second-order valence-electron chi connectivity index (χ2n) is 5.86. The molecule has 0 radical (unpaired) electrons. The number of halogens is 1. The number of nitrogens with one attached hydrogen (secondary N) is 1. The van der Waals surface area contributed by atoms with Crippen LogP contribution in [0.3, 0.4) is 0 Å². The Kier molecular flexibility index (Phi) is 5.11. The monoisotopic (exact) mass is 283 g/mol. The highest BCUT2D eigenvalue weighted by atomic mass is 19.1. The van der Waals surface area contributed by atoms with E-state index in [4.69, 9.17) is 4.74 Å². The maximum atomic E-state index is 13.7. The van der Waals surface area contributed by atoms with Crippen molar-refractivity contribution in [2.75, 3.05) is 0 Å². The van der Waals surface area contributed by atoms with E-state index in [1.165, 1.54) is 25.1 Å². The standard InChI is InChI=1S/C15H22FNO3/c1-9(18)12-7-6-11(8-13(12)16)20-10(2)14(19)17-15(3,4)5/h6-10,18H,1-5H3,(H,17,19). The fraction of sp³-hybridized carbons (Fsp3) is 0.533. The third kappa shape index (κ3) is 4.81. The normalized spacial score (nSPS) is 14.6.